The first-order valence-electron chi connectivity index (χ1n) is 6.39. The SMILES string of the molecule is CC1CCC(CNc2ccc(F)cc2C(N)=S)C1. The van der Waals surface area contributed by atoms with Crippen molar-refractivity contribution in [1.82, 2.24) is 0 Å². The van der Waals surface area contributed by atoms with Crippen LogP contribution >= 0.6 is 12.2 Å². The first kappa shape index (κ1) is 13.3. The molecule has 2 unspecified atom stereocenters. The Balaban J connectivity index is 2.02. The third-order valence-corrected chi connectivity index (χ3v) is 3.85. The molecule has 4 heteroatoms. The highest BCUT2D eigenvalue weighted by Crippen LogP contribution is 2.30. The summed E-state index contributed by atoms with van der Waals surface area (Å²) in [5, 5.41) is 3.35. The summed E-state index contributed by atoms with van der Waals surface area (Å²) in [7, 11) is 0. The van der Waals surface area contributed by atoms with Crippen molar-refractivity contribution in [2.75, 3.05) is 11.9 Å². The molecule has 0 aliphatic heterocycles. The lowest BCUT2D eigenvalue weighted by molar-refractivity contribution is 0.537. The molecule has 3 N–H and O–H groups in total. The van der Waals surface area contributed by atoms with E-state index in [2.05, 4.69) is 12.2 Å². The molecular weight excluding hydrogens is 247 g/mol. The van der Waals surface area contributed by atoms with Gasteiger partial charge in [0, 0.05) is 17.8 Å². The molecular formula is C14H19FN2S. The van der Waals surface area contributed by atoms with Gasteiger partial charge in [0.05, 0.1) is 0 Å². The van der Waals surface area contributed by atoms with Crippen LogP contribution in [-0.4, -0.2) is 11.5 Å². The number of thiocarbonyl (C=S) groups is 1. The van der Waals surface area contributed by atoms with Crippen molar-refractivity contribution >= 4 is 22.9 Å². The fourth-order valence-electron chi connectivity index (χ4n) is 2.64. The van der Waals surface area contributed by atoms with E-state index >= 15 is 0 Å². The second-order valence-electron chi connectivity index (χ2n) is 5.22. The van der Waals surface area contributed by atoms with Gasteiger partial charge in [0.25, 0.3) is 0 Å². The van der Waals surface area contributed by atoms with Crippen LogP contribution in [-0.2, 0) is 0 Å². The average molecular weight is 266 g/mol. The third-order valence-electron chi connectivity index (χ3n) is 3.63. The summed E-state index contributed by atoms with van der Waals surface area (Å²) in [5.74, 6) is 1.21. The van der Waals surface area contributed by atoms with Crippen LogP contribution in [0.5, 0.6) is 0 Å². The predicted molar refractivity (Wildman–Crippen MR) is 77.3 cm³/mol. The standard InChI is InChI=1S/C14H19FN2S/c1-9-2-3-10(6-9)8-17-13-5-4-11(15)7-12(13)14(16)18/h4-5,7,9-10,17H,2-3,6,8H2,1H3,(H2,16,18). The van der Waals surface area contributed by atoms with E-state index in [4.69, 9.17) is 18.0 Å². The van der Waals surface area contributed by atoms with Crippen LogP contribution in [0.1, 0.15) is 31.7 Å². The lowest BCUT2D eigenvalue weighted by Gasteiger charge is -2.15. The Morgan fingerprint density at radius 2 is 2.28 bits per heavy atom. The van der Waals surface area contributed by atoms with E-state index < -0.39 is 0 Å². The maximum absolute atomic E-state index is 13.2. The van der Waals surface area contributed by atoms with Crippen LogP contribution in [0.4, 0.5) is 10.1 Å². The van der Waals surface area contributed by atoms with Crippen molar-refractivity contribution in [3.05, 3.63) is 29.6 Å². The van der Waals surface area contributed by atoms with Crippen LogP contribution < -0.4 is 11.1 Å². The molecule has 0 bridgehead atoms. The van der Waals surface area contributed by atoms with E-state index in [9.17, 15) is 4.39 Å². The molecule has 2 rings (SSSR count). The van der Waals surface area contributed by atoms with Gasteiger partial charge in [-0.05, 0) is 42.9 Å². The van der Waals surface area contributed by atoms with Gasteiger partial charge in [0.1, 0.15) is 10.8 Å². The van der Waals surface area contributed by atoms with Gasteiger partial charge in [0.15, 0.2) is 0 Å². The lowest BCUT2D eigenvalue weighted by Crippen LogP contribution is -2.17. The zero-order chi connectivity index (χ0) is 13.1. The second kappa shape index (κ2) is 5.65. The molecule has 0 saturated heterocycles. The Labute approximate surface area is 113 Å². The summed E-state index contributed by atoms with van der Waals surface area (Å²) in [6.07, 6.45) is 3.83. The fourth-order valence-corrected chi connectivity index (χ4v) is 2.81. The zero-order valence-corrected chi connectivity index (χ0v) is 11.4. The van der Waals surface area contributed by atoms with Crippen molar-refractivity contribution in [2.45, 2.75) is 26.2 Å². The Kier molecular flexibility index (Phi) is 4.17. The Bertz CT molecular complexity index is 447. The highest BCUT2D eigenvalue weighted by molar-refractivity contribution is 7.80. The molecule has 0 aromatic heterocycles. The Hall–Kier alpha value is -1.16. The smallest absolute Gasteiger partial charge is 0.124 e. The van der Waals surface area contributed by atoms with Crippen LogP contribution in [0.15, 0.2) is 18.2 Å². The number of hydrogen-bond donors (Lipinski definition) is 2. The molecule has 0 heterocycles. The van der Waals surface area contributed by atoms with Crippen LogP contribution in [0, 0.1) is 17.7 Å². The monoisotopic (exact) mass is 266 g/mol. The predicted octanol–water partition coefficient (Wildman–Crippen LogP) is 3.31. The number of rotatable bonds is 4. The average Bonchev–Trinajstić information content (AvgIpc) is 2.73. The van der Waals surface area contributed by atoms with Gasteiger partial charge in [-0.3, -0.25) is 0 Å². The van der Waals surface area contributed by atoms with E-state index in [1.165, 1.54) is 31.4 Å². The topological polar surface area (TPSA) is 38.0 Å². The summed E-state index contributed by atoms with van der Waals surface area (Å²) in [5.41, 5.74) is 7.04. The highest BCUT2D eigenvalue weighted by Gasteiger charge is 2.21. The number of nitrogens with one attached hydrogen (secondary N) is 1. The van der Waals surface area contributed by atoms with Crippen LogP contribution in [0.2, 0.25) is 0 Å². The molecule has 2 nitrogen and oxygen atoms in total. The molecule has 0 radical (unpaired) electrons. The van der Waals surface area contributed by atoms with Gasteiger partial charge >= 0.3 is 0 Å². The number of anilines is 1. The number of halogens is 1. The second-order valence-corrected chi connectivity index (χ2v) is 5.66. The van der Waals surface area contributed by atoms with Crippen molar-refractivity contribution in [2.24, 2.45) is 17.6 Å². The van der Waals surface area contributed by atoms with E-state index in [0.29, 0.717) is 11.5 Å². The lowest BCUT2D eigenvalue weighted by atomic mass is 10.1. The van der Waals surface area contributed by atoms with Crippen molar-refractivity contribution in [1.29, 1.82) is 0 Å². The molecule has 18 heavy (non-hydrogen) atoms. The maximum atomic E-state index is 13.2. The molecule has 1 saturated carbocycles. The molecule has 98 valence electrons. The van der Waals surface area contributed by atoms with Gasteiger partial charge in [-0.25, -0.2) is 4.39 Å². The first-order valence-corrected chi connectivity index (χ1v) is 6.80. The molecule has 1 aromatic carbocycles. The maximum Gasteiger partial charge on any atom is 0.124 e. The summed E-state index contributed by atoms with van der Waals surface area (Å²) < 4.78 is 13.2. The highest BCUT2D eigenvalue weighted by atomic mass is 32.1. The fraction of sp³-hybridized carbons (Fsp3) is 0.500. The van der Waals surface area contributed by atoms with Gasteiger partial charge < -0.3 is 11.1 Å². The van der Waals surface area contributed by atoms with Gasteiger partial charge in [-0.2, -0.15) is 0 Å². The number of nitrogens with two attached hydrogens (primary N) is 1. The molecule has 2 atom stereocenters. The van der Waals surface area contributed by atoms with Gasteiger partial charge in [0.2, 0.25) is 0 Å². The first-order chi connectivity index (χ1) is 8.56. The van der Waals surface area contributed by atoms with Gasteiger partial charge in [-0.1, -0.05) is 25.6 Å². The minimum atomic E-state index is -0.308. The quantitative estimate of drug-likeness (QED) is 0.821. The summed E-state index contributed by atoms with van der Waals surface area (Å²) >= 11 is 4.95. The number of hydrogen-bond acceptors (Lipinski definition) is 2. The minimum Gasteiger partial charge on any atom is -0.389 e. The van der Waals surface area contributed by atoms with E-state index in [0.717, 1.165) is 18.2 Å². The summed E-state index contributed by atoms with van der Waals surface area (Å²) in [4.78, 5) is 0.233. The molecule has 0 amide bonds. The van der Waals surface area contributed by atoms with Crippen molar-refractivity contribution in [3.8, 4) is 0 Å². The Morgan fingerprint density at radius 3 is 2.89 bits per heavy atom. The number of benzene rings is 1. The van der Waals surface area contributed by atoms with Crippen molar-refractivity contribution < 1.29 is 4.39 Å². The molecule has 0 spiro atoms. The van der Waals surface area contributed by atoms with E-state index in [1.54, 1.807) is 6.07 Å². The largest absolute Gasteiger partial charge is 0.389 e. The molecule has 1 fully saturated rings. The summed E-state index contributed by atoms with van der Waals surface area (Å²) in [6.45, 7) is 3.20. The Morgan fingerprint density at radius 1 is 1.50 bits per heavy atom. The van der Waals surface area contributed by atoms with E-state index in [1.807, 2.05) is 0 Å². The van der Waals surface area contributed by atoms with E-state index in [-0.39, 0.29) is 10.8 Å². The normalized spacial score (nSPS) is 23.0. The van der Waals surface area contributed by atoms with Crippen LogP contribution in [0.3, 0.4) is 0 Å². The molecule has 1 aliphatic carbocycles. The van der Waals surface area contributed by atoms with Crippen LogP contribution in [0.25, 0.3) is 0 Å². The molecule has 1 aliphatic rings. The summed E-state index contributed by atoms with van der Waals surface area (Å²) in [6, 6.07) is 4.53. The zero-order valence-electron chi connectivity index (χ0n) is 10.6. The molecule has 1 aromatic rings. The van der Waals surface area contributed by atoms with Crippen molar-refractivity contribution in [3.63, 3.8) is 0 Å². The van der Waals surface area contributed by atoms with Gasteiger partial charge in [-0.15, -0.1) is 0 Å². The minimum absolute atomic E-state index is 0.233. The third kappa shape index (κ3) is 3.19.